The van der Waals surface area contributed by atoms with Crippen LogP contribution in [0.25, 0.3) is 0 Å². The minimum Gasteiger partial charge on any atom is -0.300 e. The Morgan fingerprint density at radius 2 is 1.79 bits per heavy atom. The van der Waals surface area contributed by atoms with E-state index in [0.29, 0.717) is 12.8 Å². The van der Waals surface area contributed by atoms with Crippen molar-refractivity contribution in [2.45, 2.75) is 31.2 Å². The summed E-state index contributed by atoms with van der Waals surface area (Å²) in [6, 6.07) is 0. The van der Waals surface area contributed by atoms with Gasteiger partial charge >= 0.3 is 5.51 Å². The summed E-state index contributed by atoms with van der Waals surface area (Å²) in [5.74, 6) is 0.0241. The largest absolute Gasteiger partial charge is 0.441 e. The molecule has 14 heavy (non-hydrogen) atoms. The molecule has 0 aromatic rings. The number of carbonyl (C=O) groups is 1. The molecule has 0 amide bonds. The lowest BCUT2D eigenvalue weighted by Gasteiger charge is -2.04. The minimum absolute atomic E-state index is 0.0243. The van der Waals surface area contributed by atoms with Crippen LogP contribution in [0, 0.1) is 0 Å². The van der Waals surface area contributed by atoms with Crippen molar-refractivity contribution >= 4 is 33.5 Å². The number of halogens is 4. The summed E-state index contributed by atoms with van der Waals surface area (Å²) in [4.78, 5) is 11.0. The van der Waals surface area contributed by atoms with Gasteiger partial charge in [-0.3, -0.25) is 4.79 Å². The molecule has 0 aliphatic rings. The average Bonchev–Trinajstić information content (AvgIpc) is 2.07. The molecule has 84 valence electrons. The highest BCUT2D eigenvalue weighted by atomic mass is 79.9. The Balaban J connectivity index is 3.32. The zero-order chi connectivity index (χ0) is 11.0. The fourth-order valence-electron chi connectivity index (χ4n) is 0.846. The summed E-state index contributed by atoms with van der Waals surface area (Å²) in [5.41, 5.74) is -4.17. The van der Waals surface area contributed by atoms with Gasteiger partial charge in [0.05, 0.1) is 0 Å². The number of hydrogen-bond acceptors (Lipinski definition) is 2. The second-order valence-corrected chi connectivity index (χ2v) is 4.68. The lowest BCUT2D eigenvalue weighted by atomic mass is 10.1. The Morgan fingerprint density at radius 3 is 2.29 bits per heavy atom. The molecule has 0 aliphatic heterocycles. The van der Waals surface area contributed by atoms with E-state index in [4.69, 9.17) is 0 Å². The fourth-order valence-corrected chi connectivity index (χ4v) is 1.65. The van der Waals surface area contributed by atoms with Crippen LogP contribution in [-0.4, -0.2) is 22.4 Å². The summed E-state index contributed by atoms with van der Waals surface area (Å²) in [6.45, 7) is 0. The molecule has 1 nitrogen and oxygen atoms in total. The topological polar surface area (TPSA) is 17.1 Å². The van der Waals surface area contributed by atoms with Gasteiger partial charge < -0.3 is 0 Å². The van der Waals surface area contributed by atoms with Crippen LogP contribution in [0.1, 0.15) is 25.7 Å². The van der Waals surface area contributed by atoms with Gasteiger partial charge in [0.15, 0.2) is 0 Å². The number of alkyl halides is 4. The molecule has 0 aromatic carbocycles. The third kappa shape index (κ3) is 10.4. The minimum atomic E-state index is -4.17. The van der Waals surface area contributed by atoms with E-state index in [1.165, 1.54) is 0 Å². The maximum absolute atomic E-state index is 11.7. The van der Waals surface area contributed by atoms with Gasteiger partial charge in [-0.25, -0.2) is 0 Å². The normalized spacial score (nSPS) is 11.7. The highest BCUT2D eigenvalue weighted by molar-refractivity contribution is 9.09. The summed E-state index contributed by atoms with van der Waals surface area (Å²) in [7, 11) is 0. The van der Waals surface area contributed by atoms with Gasteiger partial charge in [-0.1, -0.05) is 27.7 Å². The van der Waals surface area contributed by atoms with Gasteiger partial charge in [0.1, 0.15) is 5.78 Å². The quantitative estimate of drug-likeness (QED) is 0.525. The molecule has 0 spiro atoms. The number of thioether (sulfide) groups is 1. The molecule has 6 heteroatoms. The highest BCUT2D eigenvalue weighted by Crippen LogP contribution is 2.30. The second kappa shape index (κ2) is 7.56. The van der Waals surface area contributed by atoms with Gasteiger partial charge in [0, 0.05) is 23.9 Å². The smallest absolute Gasteiger partial charge is 0.300 e. The van der Waals surface area contributed by atoms with E-state index in [1.54, 1.807) is 0 Å². The number of carbonyl (C=O) groups excluding carboxylic acids is 1. The SMILES string of the molecule is O=C(CCCBr)CCCSC(F)(F)F. The van der Waals surface area contributed by atoms with Crippen LogP contribution in [0.15, 0.2) is 0 Å². The predicted octanol–water partition coefficient (Wildman–Crippen LogP) is 3.76. The van der Waals surface area contributed by atoms with Crippen LogP contribution in [0.5, 0.6) is 0 Å². The van der Waals surface area contributed by atoms with Gasteiger partial charge in [-0.05, 0) is 12.8 Å². The standard InChI is InChI=1S/C8H12BrF3OS/c9-5-1-3-7(13)4-2-6-14-8(10,11)12/h1-6H2. The number of Topliss-reactive ketones (excluding diaryl/α,β-unsaturated/α-hetero) is 1. The first-order chi connectivity index (χ1) is 6.45. The van der Waals surface area contributed by atoms with E-state index < -0.39 is 5.51 Å². The second-order valence-electron chi connectivity index (χ2n) is 2.73. The Kier molecular flexibility index (Phi) is 7.72. The van der Waals surface area contributed by atoms with E-state index in [-0.39, 0.29) is 29.7 Å². The molecule has 0 saturated carbocycles. The maximum Gasteiger partial charge on any atom is 0.441 e. The summed E-state index contributed by atoms with van der Waals surface area (Å²) >= 11 is 3.12. The van der Waals surface area contributed by atoms with Crippen molar-refractivity contribution in [3.05, 3.63) is 0 Å². The molecule has 0 saturated heterocycles. The summed E-state index contributed by atoms with van der Waals surface area (Å²) < 4.78 is 35.0. The van der Waals surface area contributed by atoms with Crippen molar-refractivity contribution in [2.24, 2.45) is 0 Å². The van der Waals surface area contributed by atoms with Crippen LogP contribution in [0.4, 0.5) is 13.2 Å². The molecule has 0 atom stereocenters. The zero-order valence-corrected chi connectivity index (χ0v) is 9.97. The van der Waals surface area contributed by atoms with Crippen molar-refractivity contribution in [3.8, 4) is 0 Å². The van der Waals surface area contributed by atoms with E-state index in [0.717, 1.165) is 11.8 Å². The van der Waals surface area contributed by atoms with Crippen molar-refractivity contribution < 1.29 is 18.0 Å². The van der Waals surface area contributed by atoms with Gasteiger partial charge in [0.2, 0.25) is 0 Å². The molecule has 0 bridgehead atoms. The molecule has 0 radical (unpaired) electrons. The Morgan fingerprint density at radius 1 is 1.21 bits per heavy atom. The van der Waals surface area contributed by atoms with E-state index in [9.17, 15) is 18.0 Å². The van der Waals surface area contributed by atoms with Gasteiger partial charge in [-0.2, -0.15) is 13.2 Å². The molecule has 0 N–H and O–H groups in total. The first-order valence-corrected chi connectivity index (χ1v) is 6.35. The maximum atomic E-state index is 11.7. The van der Waals surface area contributed by atoms with Crippen molar-refractivity contribution in [1.82, 2.24) is 0 Å². The van der Waals surface area contributed by atoms with Gasteiger partial charge in [0.25, 0.3) is 0 Å². The van der Waals surface area contributed by atoms with Crippen molar-refractivity contribution in [2.75, 3.05) is 11.1 Å². The summed E-state index contributed by atoms with van der Waals surface area (Å²) in [6.07, 6.45) is 1.79. The first kappa shape index (κ1) is 14.3. The molecule has 0 unspecified atom stereocenters. The molecule has 0 fully saturated rings. The molecular formula is C8H12BrF3OS. The van der Waals surface area contributed by atoms with Crippen molar-refractivity contribution in [1.29, 1.82) is 0 Å². The fraction of sp³-hybridized carbons (Fsp3) is 0.875. The van der Waals surface area contributed by atoms with Crippen LogP contribution in [0.2, 0.25) is 0 Å². The third-order valence-corrected chi connectivity index (χ3v) is 2.84. The average molecular weight is 293 g/mol. The Labute approximate surface area is 93.9 Å². The number of ketones is 1. The lowest BCUT2D eigenvalue weighted by Crippen LogP contribution is -2.03. The summed E-state index contributed by atoms with van der Waals surface area (Å²) in [5, 5.41) is 0.760. The first-order valence-electron chi connectivity index (χ1n) is 4.24. The number of rotatable bonds is 7. The lowest BCUT2D eigenvalue weighted by molar-refractivity contribution is -0.119. The van der Waals surface area contributed by atoms with Crippen LogP contribution in [0.3, 0.4) is 0 Å². The van der Waals surface area contributed by atoms with Crippen LogP contribution in [-0.2, 0) is 4.79 Å². The highest BCUT2D eigenvalue weighted by Gasteiger charge is 2.27. The third-order valence-electron chi connectivity index (χ3n) is 1.45. The predicted molar refractivity (Wildman–Crippen MR) is 55.8 cm³/mol. The van der Waals surface area contributed by atoms with Crippen LogP contribution >= 0.6 is 27.7 Å². The van der Waals surface area contributed by atoms with E-state index in [2.05, 4.69) is 15.9 Å². The van der Waals surface area contributed by atoms with E-state index in [1.807, 2.05) is 0 Å². The van der Waals surface area contributed by atoms with E-state index >= 15 is 0 Å². The number of hydrogen-bond donors (Lipinski definition) is 0. The molecule has 0 rings (SSSR count). The van der Waals surface area contributed by atoms with Gasteiger partial charge in [-0.15, -0.1) is 0 Å². The molecular weight excluding hydrogens is 281 g/mol. The molecule has 0 heterocycles. The zero-order valence-electron chi connectivity index (χ0n) is 7.57. The van der Waals surface area contributed by atoms with Crippen molar-refractivity contribution in [3.63, 3.8) is 0 Å². The molecule has 0 aliphatic carbocycles. The Bertz CT molecular complexity index is 172. The monoisotopic (exact) mass is 292 g/mol. The molecule has 0 aromatic heterocycles. The van der Waals surface area contributed by atoms with Crippen LogP contribution < -0.4 is 0 Å². The Hall–Kier alpha value is 0.290.